The van der Waals surface area contributed by atoms with Gasteiger partial charge in [0.15, 0.2) is 0 Å². The van der Waals surface area contributed by atoms with Crippen LogP contribution in [0.5, 0.6) is 5.75 Å². The highest BCUT2D eigenvalue weighted by molar-refractivity contribution is 7.21. The largest absolute Gasteiger partial charge is 0.497 e. The van der Waals surface area contributed by atoms with Crippen LogP contribution in [0.15, 0.2) is 18.2 Å². The molecule has 1 aliphatic rings. The number of nitrogens with zero attached hydrogens (tertiary/aromatic N) is 1. The molecule has 0 bridgehead atoms. The maximum atomic E-state index is 13.0. The minimum Gasteiger partial charge on any atom is -0.497 e. The van der Waals surface area contributed by atoms with Gasteiger partial charge in [0.25, 0.3) is 5.91 Å². The number of aryl methyl sites for hydroxylation is 1. The van der Waals surface area contributed by atoms with E-state index in [9.17, 15) is 4.79 Å². The maximum absolute atomic E-state index is 13.0. The number of amides is 1. The second kappa shape index (κ2) is 5.80. The van der Waals surface area contributed by atoms with Crippen molar-refractivity contribution in [3.63, 3.8) is 0 Å². The molecule has 0 radical (unpaired) electrons. The maximum Gasteiger partial charge on any atom is 0.264 e. The van der Waals surface area contributed by atoms with E-state index in [0.717, 1.165) is 39.2 Å². The van der Waals surface area contributed by atoms with Gasteiger partial charge in [-0.1, -0.05) is 13.8 Å². The Kier molecular flexibility index (Phi) is 4.10. The summed E-state index contributed by atoms with van der Waals surface area (Å²) in [5.74, 6) is 0.949. The minimum atomic E-state index is -0.0400. The fourth-order valence-corrected chi connectivity index (χ4v) is 4.38. The van der Waals surface area contributed by atoms with E-state index in [1.807, 2.05) is 30.0 Å². The van der Waals surface area contributed by atoms with Gasteiger partial charge in [0.1, 0.15) is 5.75 Å². The molecule has 0 spiro atoms. The summed E-state index contributed by atoms with van der Waals surface area (Å²) in [6, 6.07) is 6.13. The van der Waals surface area contributed by atoms with Crippen molar-refractivity contribution in [2.24, 2.45) is 11.1 Å². The van der Waals surface area contributed by atoms with Crippen LogP contribution in [0.3, 0.4) is 0 Å². The van der Waals surface area contributed by atoms with Crippen LogP contribution < -0.4 is 10.5 Å². The Balaban J connectivity index is 1.94. The zero-order valence-electron chi connectivity index (χ0n) is 14.2. The molecular formula is C18H24N2O2S. The SMILES string of the molecule is COc1ccc2sc(C(=O)N3CCC(N)C(C)(C)C3)c(C)c2c1. The summed E-state index contributed by atoms with van der Waals surface area (Å²) in [6.45, 7) is 7.75. The fourth-order valence-electron chi connectivity index (χ4n) is 3.22. The van der Waals surface area contributed by atoms with Crippen LogP contribution in [0.4, 0.5) is 0 Å². The number of nitrogens with two attached hydrogens (primary N) is 1. The second-order valence-electron chi connectivity index (χ2n) is 7.03. The number of thiophene rings is 1. The highest BCUT2D eigenvalue weighted by Crippen LogP contribution is 2.35. The third-order valence-corrected chi connectivity index (χ3v) is 6.20. The van der Waals surface area contributed by atoms with Crippen LogP contribution >= 0.6 is 11.3 Å². The van der Waals surface area contributed by atoms with Crippen molar-refractivity contribution in [1.29, 1.82) is 0 Å². The Morgan fingerprint density at radius 3 is 2.83 bits per heavy atom. The topological polar surface area (TPSA) is 55.6 Å². The minimum absolute atomic E-state index is 0.0400. The van der Waals surface area contributed by atoms with Gasteiger partial charge >= 0.3 is 0 Å². The van der Waals surface area contributed by atoms with E-state index < -0.39 is 0 Å². The van der Waals surface area contributed by atoms with E-state index in [0.29, 0.717) is 6.54 Å². The van der Waals surface area contributed by atoms with Gasteiger partial charge in [-0.15, -0.1) is 11.3 Å². The van der Waals surface area contributed by atoms with Crippen LogP contribution in [0.2, 0.25) is 0 Å². The average Bonchev–Trinajstić information content (AvgIpc) is 2.85. The van der Waals surface area contributed by atoms with Gasteiger partial charge in [-0.2, -0.15) is 0 Å². The third-order valence-electron chi connectivity index (χ3n) is 4.94. The number of rotatable bonds is 2. The Hall–Kier alpha value is -1.59. The lowest BCUT2D eigenvalue weighted by Crippen LogP contribution is -2.53. The Bertz CT molecular complexity index is 751. The molecule has 1 atom stereocenters. The van der Waals surface area contributed by atoms with Crippen molar-refractivity contribution in [2.75, 3.05) is 20.2 Å². The lowest BCUT2D eigenvalue weighted by molar-refractivity contribution is 0.0537. The van der Waals surface area contributed by atoms with E-state index >= 15 is 0 Å². The molecule has 2 N–H and O–H groups in total. The van der Waals surface area contributed by atoms with Crippen molar-refractivity contribution >= 4 is 27.3 Å². The lowest BCUT2D eigenvalue weighted by Gasteiger charge is -2.42. The number of benzene rings is 1. The first-order valence-electron chi connectivity index (χ1n) is 7.95. The van der Waals surface area contributed by atoms with Gasteiger partial charge in [-0.3, -0.25) is 4.79 Å². The summed E-state index contributed by atoms with van der Waals surface area (Å²) < 4.78 is 6.42. The standard InChI is InChI=1S/C18H24N2O2S/c1-11-13-9-12(22-4)5-6-14(13)23-16(11)17(21)20-8-7-15(19)18(2,3)10-20/h5-6,9,15H,7-8,10,19H2,1-4H3. The van der Waals surface area contributed by atoms with Gasteiger partial charge in [0.2, 0.25) is 0 Å². The Labute approximate surface area is 141 Å². The molecule has 3 rings (SSSR count). The Morgan fingerprint density at radius 2 is 2.17 bits per heavy atom. The molecule has 1 amide bonds. The number of piperidine rings is 1. The van der Waals surface area contributed by atoms with Gasteiger partial charge in [-0.25, -0.2) is 0 Å². The number of ether oxygens (including phenoxy) is 1. The van der Waals surface area contributed by atoms with E-state index in [1.165, 1.54) is 0 Å². The monoisotopic (exact) mass is 332 g/mol. The zero-order valence-corrected chi connectivity index (χ0v) is 15.0. The summed E-state index contributed by atoms with van der Waals surface area (Å²) in [7, 11) is 1.66. The molecule has 1 aliphatic heterocycles. The molecule has 4 nitrogen and oxygen atoms in total. The molecule has 2 aromatic rings. The van der Waals surface area contributed by atoms with Crippen LogP contribution in [-0.4, -0.2) is 37.0 Å². The molecule has 5 heteroatoms. The molecule has 0 aliphatic carbocycles. The van der Waals surface area contributed by atoms with E-state index in [-0.39, 0.29) is 17.4 Å². The van der Waals surface area contributed by atoms with E-state index in [2.05, 4.69) is 13.8 Å². The quantitative estimate of drug-likeness (QED) is 0.917. The van der Waals surface area contributed by atoms with Crippen LogP contribution in [0.1, 0.15) is 35.5 Å². The van der Waals surface area contributed by atoms with Gasteiger partial charge in [0.05, 0.1) is 12.0 Å². The number of likely N-dealkylation sites (tertiary alicyclic amines) is 1. The molecular weight excluding hydrogens is 308 g/mol. The fraction of sp³-hybridized carbons (Fsp3) is 0.500. The van der Waals surface area contributed by atoms with Crippen LogP contribution in [-0.2, 0) is 0 Å². The predicted molar refractivity (Wildman–Crippen MR) is 95.4 cm³/mol. The second-order valence-corrected chi connectivity index (χ2v) is 8.08. The van der Waals surface area contributed by atoms with Crippen molar-refractivity contribution in [2.45, 2.75) is 33.2 Å². The highest BCUT2D eigenvalue weighted by atomic mass is 32.1. The molecule has 1 aromatic carbocycles. The number of methoxy groups -OCH3 is 1. The molecule has 2 heterocycles. The summed E-state index contributed by atoms with van der Waals surface area (Å²) in [5.41, 5.74) is 7.19. The molecule has 1 fully saturated rings. The molecule has 0 saturated carbocycles. The van der Waals surface area contributed by atoms with Crippen molar-refractivity contribution < 1.29 is 9.53 Å². The molecule has 1 aromatic heterocycles. The number of fused-ring (bicyclic) bond motifs is 1. The smallest absolute Gasteiger partial charge is 0.264 e. The van der Waals surface area contributed by atoms with Crippen molar-refractivity contribution in [1.82, 2.24) is 4.90 Å². The lowest BCUT2D eigenvalue weighted by atomic mass is 9.79. The summed E-state index contributed by atoms with van der Waals surface area (Å²) in [5, 5.41) is 1.10. The summed E-state index contributed by atoms with van der Waals surface area (Å²) >= 11 is 1.57. The number of carbonyl (C=O) groups excluding carboxylic acids is 1. The number of hydrogen-bond acceptors (Lipinski definition) is 4. The van der Waals surface area contributed by atoms with Gasteiger partial charge < -0.3 is 15.4 Å². The summed E-state index contributed by atoms with van der Waals surface area (Å²) in [4.78, 5) is 15.8. The first kappa shape index (κ1) is 16.3. The van der Waals surface area contributed by atoms with Crippen LogP contribution in [0.25, 0.3) is 10.1 Å². The first-order valence-corrected chi connectivity index (χ1v) is 8.77. The van der Waals surface area contributed by atoms with E-state index in [4.69, 9.17) is 10.5 Å². The van der Waals surface area contributed by atoms with Crippen molar-refractivity contribution in [3.8, 4) is 5.75 Å². The Morgan fingerprint density at radius 1 is 1.43 bits per heavy atom. The predicted octanol–water partition coefficient (Wildman–Crippen LogP) is 3.42. The highest BCUT2D eigenvalue weighted by Gasteiger charge is 2.36. The average molecular weight is 332 g/mol. The van der Waals surface area contributed by atoms with Gasteiger partial charge in [-0.05, 0) is 47.9 Å². The molecule has 124 valence electrons. The summed E-state index contributed by atoms with van der Waals surface area (Å²) in [6.07, 6.45) is 0.858. The normalized spacial score (nSPS) is 20.7. The first-order chi connectivity index (χ1) is 10.8. The van der Waals surface area contributed by atoms with Crippen LogP contribution in [0, 0.1) is 12.3 Å². The number of hydrogen-bond donors (Lipinski definition) is 1. The molecule has 23 heavy (non-hydrogen) atoms. The van der Waals surface area contributed by atoms with E-state index in [1.54, 1.807) is 18.4 Å². The third kappa shape index (κ3) is 2.83. The molecule has 1 saturated heterocycles. The number of carbonyl (C=O) groups is 1. The van der Waals surface area contributed by atoms with Crippen molar-refractivity contribution in [3.05, 3.63) is 28.6 Å². The molecule has 1 unspecified atom stereocenters. The zero-order chi connectivity index (χ0) is 16.8. The van der Waals surface area contributed by atoms with Gasteiger partial charge in [0, 0.05) is 23.8 Å².